The number of carbonyl (C=O) groups excluding carboxylic acids is 1. The molecule has 0 aromatic rings. The molecule has 0 aromatic heterocycles. The van der Waals surface area contributed by atoms with E-state index in [0.717, 1.165) is 25.2 Å². The van der Waals surface area contributed by atoms with Crippen molar-refractivity contribution in [3.63, 3.8) is 0 Å². The van der Waals surface area contributed by atoms with E-state index in [2.05, 4.69) is 13.0 Å². The minimum atomic E-state index is -0.880. The van der Waals surface area contributed by atoms with Gasteiger partial charge in [0.2, 0.25) is 12.1 Å². The zero-order chi connectivity index (χ0) is 23.1. The van der Waals surface area contributed by atoms with Crippen LogP contribution in [-0.2, 0) is 41.1 Å². The van der Waals surface area contributed by atoms with Crippen molar-refractivity contribution in [2.75, 3.05) is 0 Å². The third-order valence-corrected chi connectivity index (χ3v) is 8.08. The molecule has 0 aromatic carbocycles. The van der Waals surface area contributed by atoms with Crippen LogP contribution in [0.4, 0.5) is 0 Å². The van der Waals surface area contributed by atoms with Crippen molar-refractivity contribution in [2.24, 2.45) is 29.6 Å². The number of rotatable bonds is 3. The van der Waals surface area contributed by atoms with Gasteiger partial charge in [0.1, 0.15) is 0 Å². The van der Waals surface area contributed by atoms with E-state index in [-0.39, 0.29) is 40.8 Å². The van der Waals surface area contributed by atoms with Crippen molar-refractivity contribution in [3.8, 4) is 6.07 Å². The topological polar surface area (TPSA) is 77.8 Å². The van der Waals surface area contributed by atoms with Crippen LogP contribution in [-0.4, -0.2) is 23.6 Å². The fourth-order valence-electron chi connectivity index (χ4n) is 6.34. The van der Waals surface area contributed by atoms with E-state index in [1.807, 2.05) is 64.7 Å². The van der Waals surface area contributed by atoms with E-state index in [9.17, 15) is 10.1 Å². The number of fused-ring (bicyclic) bond motifs is 2. The molecule has 6 nitrogen and oxygen atoms in total. The second kappa shape index (κ2) is 10.8. The van der Waals surface area contributed by atoms with Crippen molar-refractivity contribution in [2.45, 2.75) is 63.6 Å². The first-order chi connectivity index (χ1) is 16.0. The maximum Gasteiger partial charge on any atom is 2.00 e. The minimum absolute atomic E-state index is 0. The fourth-order valence-corrected chi connectivity index (χ4v) is 6.34. The summed E-state index contributed by atoms with van der Waals surface area (Å²) in [6.45, 7) is 4.09. The summed E-state index contributed by atoms with van der Waals surface area (Å²) in [5.74, 6) is -0.397. The number of carbonyl (C=O) groups is 1. The molecule has 7 fully saturated rings. The molecule has 10 radical (unpaired) electrons. The first kappa shape index (κ1) is 26.4. The van der Waals surface area contributed by atoms with Gasteiger partial charge >= 0.3 is 23.0 Å². The Bertz CT molecular complexity index is 755. The van der Waals surface area contributed by atoms with Gasteiger partial charge in [-0.25, -0.2) is 9.78 Å². The molecule has 180 valence electrons. The number of hydrogen-bond acceptors (Lipinski definition) is 6. The van der Waals surface area contributed by atoms with Gasteiger partial charge in [0.25, 0.3) is 0 Å². The van der Waals surface area contributed by atoms with Crippen LogP contribution in [0, 0.1) is 105 Å². The molecule has 7 aliphatic rings. The van der Waals surface area contributed by atoms with E-state index in [4.69, 9.17) is 19.2 Å². The predicted octanol–water partition coefficient (Wildman–Crippen LogP) is 4.33. The van der Waals surface area contributed by atoms with Gasteiger partial charge in [-0.3, -0.25) is 4.79 Å². The molecular formula is C27H31FeNO5+2. The molecule has 34 heavy (non-hydrogen) atoms. The van der Waals surface area contributed by atoms with Gasteiger partial charge in [0, 0.05) is 24.2 Å². The summed E-state index contributed by atoms with van der Waals surface area (Å²) >= 11 is 0. The van der Waals surface area contributed by atoms with Gasteiger partial charge < -0.3 is 9.47 Å². The summed E-state index contributed by atoms with van der Waals surface area (Å²) in [6.07, 6.45) is 20.9. The molecule has 8 atom stereocenters. The second-order valence-corrected chi connectivity index (χ2v) is 10.1. The summed E-state index contributed by atoms with van der Waals surface area (Å²) in [6, 6.07) is 2.37. The number of nitrogens with zero attached hydrogens (tertiary/aromatic N) is 1. The van der Waals surface area contributed by atoms with Gasteiger partial charge in [-0.15, -0.1) is 0 Å². The Balaban J connectivity index is 0.000000407. The van der Waals surface area contributed by atoms with Crippen molar-refractivity contribution in [1.29, 1.82) is 5.26 Å². The molecule has 1 spiro atoms. The Labute approximate surface area is 215 Å². The van der Waals surface area contributed by atoms with Crippen LogP contribution in [0.3, 0.4) is 0 Å². The Kier molecular flexibility index (Phi) is 8.37. The minimum Gasteiger partial charge on any atom is -0.432 e. The van der Waals surface area contributed by atoms with Gasteiger partial charge in [-0.1, -0.05) is 6.92 Å². The summed E-state index contributed by atoms with van der Waals surface area (Å²) in [4.78, 5) is 24.9. The zero-order valence-corrected chi connectivity index (χ0v) is 20.6. The van der Waals surface area contributed by atoms with E-state index in [1.54, 1.807) is 0 Å². The quantitative estimate of drug-likeness (QED) is 0.323. The Morgan fingerprint density at radius 2 is 1.71 bits per heavy atom. The van der Waals surface area contributed by atoms with E-state index >= 15 is 0 Å². The van der Waals surface area contributed by atoms with E-state index < -0.39 is 23.6 Å². The molecule has 4 saturated heterocycles. The molecule has 0 N–H and O–H groups in total. The maximum absolute atomic E-state index is 13.0. The van der Waals surface area contributed by atoms with Crippen LogP contribution in [0.15, 0.2) is 0 Å². The summed E-state index contributed by atoms with van der Waals surface area (Å²) < 4.78 is 12.0. The molecule has 7 rings (SSSR count). The van der Waals surface area contributed by atoms with Crippen LogP contribution >= 0.6 is 0 Å². The molecular weight excluding hydrogens is 474 g/mol. The van der Waals surface area contributed by atoms with Crippen molar-refractivity contribution in [3.05, 3.63) is 63.7 Å². The molecule has 2 unspecified atom stereocenters. The molecule has 2 bridgehead atoms. The third-order valence-electron chi connectivity index (χ3n) is 8.08. The third kappa shape index (κ3) is 4.71. The van der Waals surface area contributed by atoms with Crippen LogP contribution in [0.1, 0.15) is 46.0 Å². The molecule has 0 amide bonds. The Morgan fingerprint density at radius 3 is 2.35 bits per heavy atom. The van der Waals surface area contributed by atoms with Gasteiger partial charge in [0.05, 0.1) is 17.9 Å². The molecule has 4 heterocycles. The first-order valence-corrected chi connectivity index (χ1v) is 12.0. The summed E-state index contributed by atoms with van der Waals surface area (Å²) in [5.41, 5.74) is -0.779. The number of esters is 1. The maximum atomic E-state index is 13.0. The van der Waals surface area contributed by atoms with E-state index in [1.165, 1.54) is 0 Å². The van der Waals surface area contributed by atoms with Crippen molar-refractivity contribution < 1.29 is 41.1 Å². The molecule has 3 saturated carbocycles. The number of nitriles is 1. The fraction of sp³-hybridized carbons (Fsp3) is 0.556. The van der Waals surface area contributed by atoms with Gasteiger partial charge in [-0.05, 0) is 96.3 Å². The molecule has 3 aliphatic carbocycles. The number of hydrogen-bond donors (Lipinski definition) is 0. The predicted molar refractivity (Wildman–Crippen MR) is 118 cm³/mol. The average Bonchev–Trinajstić information content (AvgIpc) is 3.51. The molecule has 4 aliphatic heterocycles. The largest absolute Gasteiger partial charge is 2.00 e. The van der Waals surface area contributed by atoms with Crippen LogP contribution in [0.2, 0.25) is 0 Å². The Hall–Kier alpha value is -0.641. The smallest absolute Gasteiger partial charge is 0.432 e. The van der Waals surface area contributed by atoms with Crippen LogP contribution in [0.25, 0.3) is 0 Å². The van der Waals surface area contributed by atoms with Crippen molar-refractivity contribution in [1.82, 2.24) is 0 Å². The standard InChI is InChI=1S/C22H26NO5.C5H5.Fe/c1-13-7-8-18-16(11-15(12-23)14-5-3-4-6-14)19(24)25-20-22(18)17(13)9-10-21(2,26-20)27-28-22;1-2-4-5-3-1;/h3-6,13,15-18,20H,7-11H2,1-2H3;1-5H;/q;;+2/t13-,15?,16?,17+,18+,20-,21-,22-;;/m1../s1. The average molecular weight is 505 g/mol. The first-order valence-electron chi connectivity index (χ1n) is 12.0. The van der Waals surface area contributed by atoms with Crippen LogP contribution in [0.5, 0.6) is 0 Å². The van der Waals surface area contributed by atoms with E-state index in [0.29, 0.717) is 18.8 Å². The summed E-state index contributed by atoms with van der Waals surface area (Å²) in [7, 11) is 0. The normalized spacial score (nSPS) is 43.9. The van der Waals surface area contributed by atoms with Crippen LogP contribution < -0.4 is 0 Å². The summed E-state index contributed by atoms with van der Waals surface area (Å²) in [5, 5.41) is 9.74. The van der Waals surface area contributed by atoms with Gasteiger partial charge in [0.15, 0.2) is 5.60 Å². The second-order valence-electron chi connectivity index (χ2n) is 10.1. The van der Waals surface area contributed by atoms with Crippen molar-refractivity contribution >= 4 is 5.97 Å². The zero-order valence-electron chi connectivity index (χ0n) is 19.5. The van der Waals surface area contributed by atoms with Gasteiger partial charge in [-0.2, -0.15) is 5.26 Å². The molecule has 7 heteroatoms. The number of ether oxygens (including phenoxy) is 2. The Morgan fingerprint density at radius 1 is 1.03 bits per heavy atom. The monoisotopic (exact) mass is 505 g/mol. The SMILES string of the molecule is C[C@@H]1CC[C@H]2C(CC(C#N)[C]3[CH][CH][CH][CH]3)C(=O)O[C@@H]3O[C@@]4(C)CC[C@@H]1[C@]32OO4.[CH]1[CH][CH][CH][CH]1.[Fe+2].